The van der Waals surface area contributed by atoms with E-state index in [-0.39, 0.29) is 31.2 Å². The van der Waals surface area contributed by atoms with Crippen LogP contribution >= 0.6 is 27.3 Å². The van der Waals surface area contributed by atoms with Crippen molar-refractivity contribution in [2.45, 2.75) is 93.2 Å². The Bertz CT molecular complexity index is 1900. The number of para-hydroxylation sites is 1. The molecule has 2 aromatic carbocycles. The Labute approximate surface area is 298 Å². The number of nitrogens with zero attached hydrogens (tertiary/aromatic N) is 2. The summed E-state index contributed by atoms with van der Waals surface area (Å²) in [5.74, 6) is -1.84. The fraction of sp³-hybridized carbons (Fsp3) is 0.486. The SMILES string of the molecule is CC1(S(=O)(=O)NC(=O)[C@@]23C[C@H]2/C=C\CCCCC[C@H](Nc2ccccc2)C(=O)N2C[C@H](Oc4nc5ccc(Br)cc5s4)C[C@H]2C(=O)N3)CC1. The molecule has 0 spiro atoms. The van der Waals surface area contributed by atoms with E-state index in [1.807, 2.05) is 60.7 Å². The zero-order chi connectivity index (χ0) is 34.4. The van der Waals surface area contributed by atoms with Gasteiger partial charge in [-0.1, -0.05) is 70.5 Å². The van der Waals surface area contributed by atoms with E-state index in [2.05, 4.69) is 36.3 Å². The van der Waals surface area contributed by atoms with Crippen molar-refractivity contribution >= 4 is 70.9 Å². The Morgan fingerprint density at radius 3 is 2.69 bits per heavy atom. The van der Waals surface area contributed by atoms with Crippen LogP contribution < -0.4 is 20.1 Å². The minimum absolute atomic E-state index is 0.152. The van der Waals surface area contributed by atoms with Crippen molar-refractivity contribution in [3.63, 3.8) is 0 Å². The third-order valence-corrected chi connectivity index (χ3v) is 13.7. The van der Waals surface area contributed by atoms with Gasteiger partial charge in [0.05, 0.1) is 21.5 Å². The van der Waals surface area contributed by atoms with Gasteiger partial charge in [0.1, 0.15) is 23.7 Å². The van der Waals surface area contributed by atoms with Crippen LogP contribution in [-0.4, -0.2) is 71.0 Å². The van der Waals surface area contributed by atoms with Gasteiger partial charge in [0, 0.05) is 22.5 Å². The number of ether oxygens (including phenoxy) is 1. The van der Waals surface area contributed by atoms with Gasteiger partial charge in [-0.05, 0) is 75.8 Å². The van der Waals surface area contributed by atoms with Gasteiger partial charge in [0.25, 0.3) is 11.1 Å². The molecule has 0 radical (unpaired) electrons. The fourth-order valence-corrected chi connectivity index (χ4v) is 9.50. The lowest BCUT2D eigenvalue weighted by Crippen LogP contribution is -2.58. The van der Waals surface area contributed by atoms with Crippen molar-refractivity contribution in [1.82, 2.24) is 19.9 Å². The fourth-order valence-electron chi connectivity index (χ4n) is 6.75. The summed E-state index contributed by atoms with van der Waals surface area (Å²) in [6, 6.07) is 13.8. The molecule has 5 atom stereocenters. The van der Waals surface area contributed by atoms with E-state index >= 15 is 0 Å². The first-order valence-corrected chi connectivity index (χ1v) is 20.0. The summed E-state index contributed by atoms with van der Waals surface area (Å²) in [6.07, 6.45) is 8.76. The standard InChI is InChI=1S/C35H40BrN5O6S2/c1-34(16-17-34)49(45,46)40-32(44)35-20-22(35)10-6-3-2-4-9-13-27(37-24-11-7-5-8-12-24)31(43)41-21-25(19-28(41)30(42)39-35)47-33-38-26-15-14-23(36)18-29(26)48-33/h5-8,10-12,14-15,18,22,25,27-28,37H,2-4,9,13,16-17,19-21H2,1H3,(H,39,42)(H,40,44)/b10-6-/t22-,25-,27+,28+,35-/m1/s1. The number of anilines is 1. The number of sulfonamides is 1. The molecule has 0 bridgehead atoms. The van der Waals surface area contributed by atoms with Gasteiger partial charge >= 0.3 is 0 Å². The van der Waals surface area contributed by atoms with E-state index in [9.17, 15) is 22.8 Å². The van der Waals surface area contributed by atoms with Crippen molar-refractivity contribution < 1.29 is 27.5 Å². The molecule has 3 fully saturated rings. The highest BCUT2D eigenvalue weighted by Gasteiger charge is 2.63. The van der Waals surface area contributed by atoms with Crippen LogP contribution in [0.1, 0.15) is 64.7 Å². The number of hydrogen-bond acceptors (Lipinski definition) is 9. The van der Waals surface area contributed by atoms with Crippen molar-refractivity contribution in [1.29, 1.82) is 0 Å². The van der Waals surface area contributed by atoms with Gasteiger partial charge in [-0.15, -0.1) is 0 Å². The third kappa shape index (κ3) is 7.09. The van der Waals surface area contributed by atoms with Gasteiger partial charge in [0.15, 0.2) is 0 Å². The molecule has 3 aromatic rings. The number of thiazole rings is 1. The molecule has 11 nitrogen and oxygen atoms in total. The Morgan fingerprint density at radius 1 is 1.12 bits per heavy atom. The minimum atomic E-state index is -3.93. The van der Waals surface area contributed by atoms with Crippen molar-refractivity contribution in [2.75, 3.05) is 11.9 Å². The second-order valence-corrected chi connectivity index (χ2v) is 18.0. The molecule has 3 heterocycles. The molecule has 2 aliphatic carbocycles. The number of nitrogens with one attached hydrogen (secondary N) is 3. The molecule has 14 heteroatoms. The lowest BCUT2D eigenvalue weighted by atomic mass is 10.0. The summed E-state index contributed by atoms with van der Waals surface area (Å²) >= 11 is 4.88. The van der Waals surface area contributed by atoms with E-state index in [1.165, 1.54) is 11.3 Å². The number of carbonyl (C=O) groups is 3. The number of halogens is 1. The summed E-state index contributed by atoms with van der Waals surface area (Å²) in [5.41, 5.74) is 0.159. The minimum Gasteiger partial charge on any atom is -0.465 e. The molecule has 2 aliphatic heterocycles. The number of carbonyl (C=O) groups excluding carboxylic acids is 3. The van der Waals surface area contributed by atoms with Gasteiger partial charge in [0.2, 0.25) is 21.8 Å². The van der Waals surface area contributed by atoms with Gasteiger partial charge in [-0.3, -0.25) is 19.1 Å². The number of rotatable bonds is 7. The third-order valence-electron chi connectivity index (χ3n) is 10.2. The first kappa shape index (κ1) is 34.0. The van der Waals surface area contributed by atoms with Crippen molar-refractivity contribution in [3.05, 3.63) is 65.2 Å². The summed E-state index contributed by atoms with van der Waals surface area (Å²) in [6.45, 7) is 1.77. The predicted octanol–water partition coefficient (Wildman–Crippen LogP) is 5.28. The van der Waals surface area contributed by atoms with Crippen LogP contribution in [0.2, 0.25) is 0 Å². The molecule has 260 valence electrons. The first-order chi connectivity index (χ1) is 23.5. The Kier molecular flexibility index (Phi) is 9.24. The smallest absolute Gasteiger partial charge is 0.274 e. The Morgan fingerprint density at radius 2 is 1.92 bits per heavy atom. The van der Waals surface area contributed by atoms with Crippen LogP contribution in [0.5, 0.6) is 5.19 Å². The monoisotopic (exact) mass is 769 g/mol. The normalized spacial score (nSPS) is 29.1. The largest absolute Gasteiger partial charge is 0.465 e. The lowest BCUT2D eigenvalue weighted by Gasteiger charge is -2.30. The zero-order valence-electron chi connectivity index (χ0n) is 27.2. The molecule has 7 rings (SSSR count). The van der Waals surface area contributed by atoms with Gasteiger partial charge in [-0.2, -0.15) is 0 Å². The average molecular weight is 771 g/mol. The van der Waals surface area contributed by atoms with Crippen molar-refractivity contribution in [2.24, 2.45) is 5.92 Å². The maximum atomic E-state index is 14.4. The molecule has 49 heavy (non-hydrogen) atoms. The molecule has 0 unspecified atom stereocenters. The zero-order valence-corrected chi connectivity index (χ0v) is 30.4. The molecule has 3 N–H and O–H groups in total. The predicted molar refractivity (Wildman–Crippen MR) is 192 cm³/mol. The van der Waals surface area contributed by atoms with E-state index in [0.29, 0.717) is 24.5 Å². The summed E-state index contributed by atoms with van der Waals surface area (Å²) in [4.78, 5) is 48.7. The molecular weight excluding hydrogens is 730 g/mol. The number of benzene rings is 2. The number of amides is 3. The van der Waals surface area contributed by atoms with Crippen LogP contribution in [0.25, 0.3) is 10.2 Å². The maximum absolute atomic E-state index is 14.4. The van der Waals surface area contributed by atoms with Gasteiger partial charge in [-0.25, -0.2) is 13.4 Å². The van der Waals surface area contributed by atoms with E-state index in [0.717, 1.165) is 46.1 Å². The van der Waals surface area contributed by atoms with E-state index in [4.69, 9.17) is 4.74 Å². The molecular formula is C35H40BrN5O6S2. The van der Waals surface area contributed by atoms with Crippen LogP contribution in [0.15, 0.2) is 65.2 Å². The van der Waals surface area contributed by atoms with Crippen LogP contribution in [-0.2, 0) is 24.4 Å². The Balaban J connectivity index is 1.18. The summed E-state index contributed by atoms with van der Waals surface area (Å²) < 4.78 is 35.7. The van der Waals surface area contributed by atoms with E-state index in [1.54, 1.807) is 11.8 Å². The van der Waals surface area contributed by atoms with Crippen molar-refractivity contribution in [3.8, 4) is 5.19 Å². The second kappa shape index (κ2) is 13.3. The number of hydrogen-bond donors (Lipinski definition) is 3. The highest BCUT2D eigenvalue weighted by Crippen LogP contribution is 2.47. The molecule has 4 aliphatic rings. The van der Waals surface area contributed by atoms with Crippen LogP contribution in [0, 0.1) is 5.92 Å². The van der Waals surface area contributed by atoms with E-state index < -0.39 is 50.3 Å². The summed E-state index contributed by atoms with van der Waals surface area (Å²) in [5, 5.41) is 6.79. The highest BCUT2D eigenvalue weighted by atomic mass is 79.9. The second-order valence-electron chi connectivity index (χ2n) is 13.9. The molecule has 2 saturated carbocycles. The maximum Gasteiger partial charge on any atom is 0.274 e. The quantitative estimate of drug-likeness (QED) is 0.275. The molecule has 1 aromatic heterocycles. The lowest BCUT2D eigenvalue weighted by molar-refractivity contribution is -0.140. The number of allylic oxidation sites excluding steroid dienone is 1. The van der Waals surface area contributed by atoms with Crippen LogP contribution in [0.4, 0.5) is 5.69 Å². The first-order valence-electron chi connectivity index (χ1n) is 16.9. The topological polar surface area (TPSA) is 147 Å². The molecule has 3 amide bonds. The number of fused-ring (bicyclic) bond motifs is 3. The highest BCUT2D eigenvalue weighted by molar-refractivity contribution is 9.10. The molecule has 1 saturated heterocycles. The number of aromatic nitrogens is 1. The Hall–Kier alpha value is -3.49. The summed E-state index contributed by atoms with van der Waals surface area (Å²) in [7, 11) is -3.93. The average Bonchev–Trinajstić information content (AvgIpc) is 3.88. The van der Waals surface area contributed by atoms with Crippen LogP contribution in [0.3, 0.4) is 0 Å². The van der Waals surface area contributed by atoms with Gasteiger partial charge < -0.3 is 20.3 Å².